The van der Waals surface area contributed by atoms with Crippen LogP contribution in [0.5, 0.6) is 5.75 Å². The second kappa shape index (κ2) is 29.4. The average Bonchev–Trinajstić information content (AvgIpc) is 3.23. The van der Waals surface area contributed by atoms with Crippen molar-refractivity contribution in [1.29, 1.82) is 0 Å². The summed E-state index contributed by atoms with van der Waals surface area (Å²) in [7, 11) is 0. The van der Waals surface area contributed by atoms with Crippen LogP contribution in [0.2, 0.25) is 0 Å². The van der Waals surface area contributed by atoms with Gasteiger partial charge in [0.15, 0.2) is 6.04 Å². The minimum atomic E-state index is -1.76. The van der Waals surface area contributed by atoms with Crippen molar-refractivity contribution in [3.05, 3.63) is 29.8 Å². The number of aliphatic hydroxyl groups is 2. The van der Waals surface area contributed by atoms with Gasteiger partial charge in [0.25, 0.3) is 0 Å². The lowest BCUT2D eigenvalue weighted by Crippen LogP contribution is -2.61. The first kappa shape index (κ1) is 59.6. The number of phenolic OH excluding ortho intramolecular Hbond substituents is 1. The quantitative estimate of drug-likeness (QED) is 0.0362. The van der Waals surface area contributed by atoms with Crippen LogP contribution in [-0.2, 0) is 54.4 Å². The molecular weight excluding hydrogens is 895 g/mol. The molecule has 24 heteroatoms. The maximum Gasteiger partial charge on any atom is 0.328 e. The first-order valence-corrected chi connectivity index (χ1v) is 22.3. The molecule has 1 rings (SSSR count). The Balaban J connectivity index is 3.49. The number of carboxylic acids is 2. The molecule has 0 aromatic heterocycles. The lowest BCUT2D eigenvalue weighted by atomic mass is 9.99. The maximum absolute atomic E-state index is 14.2. The average molecular weight is 966 g/mol. The predicted octanol–water partition coefficient (Wildman–Crippen LogP) is -2.62. The van der Waals surface area contributed by atoms with Crippen LogP contribution >= 0.6 is 0 Å². The summed E-state index contributed by atoms with van der Waals surface area (Å²) in [6, 6.07) is -6.16. The number of carbonyl (C=O) groups is 10. The van der Waals surface area contributed by atoms with Gasteiger partial charge in [0, 0.05) is 19.3 Å². The van der Waals surface area contributed by atoms with Crippen molar-refractivity contribution >= 4 is 59.2 Å². The zero-order valence-corrected chi connectivity index (χ0v) is 39.6. The molecule has 0 saturated carbocycles. The van der Waals surface area contributed by atoms with Crippen molar-refractivity contribution in [2.24, 2.45) is 29.2 Å². The molecule has 24 nitrogen and oxygen atoms in total. The fraction of sp³-hybridized carbons (Fsp3) is 0.636. The van der Waals surface area contributed by atoms with Gasteiger partial charge in [-0.3, -0.25) is 43.2 Å². The van der Waals surface area contributed by atoms with Gasteiger partial charge in [0.2, 0.25) is 47.3 Å². The molecule has 0 spiro atoms. The van der Waals surface area contributed by atoms with E-state index in [4.69, 9.17) is 16.6 Å². The van der Waals surface area contributed by atoms with E-state index in [2.05, 4.69) is 37.2 Å². The van der Waals surface area contributed by atoms with E-state index in [9.17, 15) is 68.4 Å². The number of rotatable bonds is 31. The standard InChI is InChI=1S/C44H71N9O15/c1-21(2)16-29(48-37(60)27(45)12-15-35(58)59)40(63)51-32(19-25-8-10-26(56)11-9-25)41(64)49-30(17-22(3)4)39(62)47-28(13-14-34(46)57)38(61)52-33(20-54)43(66)50-31(18-23(5)6)42(65)53-36(24(7)55)44(67)68/h8-11,21-24,27-33,36,54-56H,12-20,45H2,1-7H3,(H2,46,57)(H,47,62)(H,48,60)(H,49,64)(H,50,66)(H,51,63)(H,52,61)(H,53,65)(H,58,59)(H,67,68)/t24-,27+,28+,29+,30+,31+,32+,33+,36+/m1/s1. The molecule has 0 aliphatic carbocycles. The molecule has 0 bridgehead atoms. The topological polar surface area (TPSA) is 408 Å². The predicted molar refractivity (Wildman–Crippen MR) is 243 cm³/mol. The van der Waals surface area contributed by atoms with E-state index in [-0.39, 0.29) is 55.6 Å². The van der Waals surface area contributed by atoms with E-state index < -0.39 is 140 Å². The van der Waals surface area contributed by atoms with E-state index in [0.29, 0.717) is 5.56 Å². The lowest BCUT2D eigenvalue weighted by molar-refractivity contribution is -0.145. The largest absolute Gasteiger partial charge is 0.508 e. The SMILES string of the molecule is CC(C)C[C@H](NC(=O)[C@H](Cc1ccc(O)cc1)NC(=O)[C@H](CC(C)C)NC(=O)[C@@H](N)CCC(=O)O)C(=O)N[C@@H](CCC(N)=O)C(=O)N[C@@H](CO)C(=O)N[C@@H](CC(C)C)C(=O)N[C@H](C(=O)O)[C@@H](C)O. The van der Waals surface area contributed by atoms with E-state index >= 15 is 0 Å². The molecule has 16 N–H and O–H groups in total. The third-order valence-corrected chi connectivity index (χ3v) is 10.2. The van der Waals surface area contributed by atoms with Crippen molar-refractivity contribution < 1.29 is 73.5 Å². The van der Waals surface area contributed by atoms with Crippen LogP contribution in [0.1, 0.15) is 99.0 Å². The number of carbonyl (C=O) groups excluding carboxylic acids is 8. The van der Waals surface area contributed by atoms with Crippen LogP contribution in [0.25, 0.3) is 0 Å². The Morgan fingerprint density at radius 1 is 0.529 bits per heavy atom. The molecule has 0 aliphatic rings. The first-order valence-electron chi connectivity index (χ1n) is 22.3. The number of phenols is 1. The summed E-state index contributed by atoms with van der Waals surface area (Å²) in [4.78, 5) is 130. The summed E-state index contributed by atoms with van der Waals surface area (Å²) in [5, 5.41) is 65.3. The fourth-order valence-corrected chi connectivity index (χ4v) is 6.63. The summed E-state index contributed by atoms with van der Waals surface area (Å²) < 4.78 is 0. The zero-order chi connectivity index (χ0) is 52.0. The molecule has 382 valence electrons. The second-order valence-electron chi connectivity index (χ2n) is 17.9. The van der Waals surface area contributed by atoms with Crippen LogP contribution < -0.4 is 48.7 Å². The summed E-state index contributed by atoms with van der Waals surface area (Å²) >= 11 is 0. The van der Waals surface area contributed by atoms with Crippen LogP contribution in [0.3, 0.4) is 0 Å². The summed E-state index contributed by atoms with van der Waals surface area (Å²) in [6.45, 7) is 10.5. The third-order valence-electron chi connectivity index (χ3n) is 10.2. The molecule has 1 aromatic carbocycles. The van der Waals surface area contributed by atoms with Gasteiger partial charge in [-0.05, 0) is 74.5 Å². The minimum Gasteiger partial charge on any atom is -0.508 e. The smallest absolute Gasteiger partial charge is 0.328 e. The van der Waals surface area contributed by atoms with Crippen LogP contribution in [0, 0.1) is 17.8 Å². The van der Waals surface area contributed by atoms with Crippen molar-refractivity contribution in [2.75, 3.05) is 6.61 Å². The molecule has 68 heavy (non-hydrogen) atoms. The van der Waals surface area contributed by atoms with E-state index in [1.165, 1.54) is 24.3 Å². The van der Waals surface area contributed by atoms with Gasteiger partial charge in [0.05, 0.1) is 18.8 Å². The molecule has 0 heterocycles. The number of aliphatic hydroxyl groups excluding tert-OH is 2. The third kappa shape index (κ3) is 22.4. The molecule has 8 amide bonds. The number of aliphatic carboxylic acids is 2. The minimum absolute atomic E-state index is 0.0322. The zero-order valence-electron chi connectivity index (χ0n) is 39.6. The summed E-state index contributed by atoms with van der Waals surface area (Å²) in [6.07, 6.45) is -3.20. The molecule has 0 saturated heterocycles. The van der Waals surface area contributed by atoms with Crippen molar-refractivity contribution in [3.8, 4) is 5.75 Å². The van der Waals surface area contributed by atoms with Crippen molar-refractivity contribution in [3.63, 3.8) is 0 Å². The van der Waals surface area contributed by atoms with Gasteiger partial charge in [-0.25, -0.2) is 4.79 Å². The van der Waals surface area contributed by atoms with Gasteiger partial charge in [-0.1, -0.05) is 53.7 Å². The highest BCUT2D eigenvalue weighted by molar-refractivity contribution is 5.98. The highest BCUT2D eigenvalue weighted by Crippen LogP contribution is 2.15. The molecule has 0 fully saturated rings. The number of nitrogens with one attached hydrogen (secondary N) is 7. The molecule has 0 radical (unpaired) electrons. The van der Waals surface area contributed by atoms with Gasteiger partial charge >= 0.3 is 11.9 Å². The normalized spacial score (nSPS) is 15.2. The van der Waals surface area contributed by atoms with Crippen LogP contribution in [0.15, 0.2) is 24.3 Å². The van der Waals surface area contributed by atoms with Gasteiger partial charge < -0.3 is 74.2 Å². The number of amides is 8. The second-order valence-corrected chi connectivity index (χ2v) is 17.9. The van der Waals surface area contributed by atoms with Gasteiger partial charge in [0.1, 0.15) is 42.0 Å². The summed E-state index contributed by atoms with van der Waals surface area (Å²) in [5.74, 6) is -11.0. The van der Waals surface area contributed by atoms with E-state index in [0.717, 1.165) is 6.92 Å². The molecule has 1 aromatic rings. The number of benzene rings is 1. The number of primary amides is 1. The Bertz CT molecular complexity index is 1890. The summed E-state index contributed by atoms with van der Waals surface area (Å²) in [5.41, 5.74) is 11.7. The Morgan fingerprint density at radius 3 is 1.32 bits per heavy atom. The number of aromatic hydroxyl groups is 1. The van der Waals surface area contributed by atoms with E-state index in [1.54, 1.807) is 41.5 Å². The highest BCUT2D eigenvalue weighted by atomic mass is 16.4. The van der Waals surface area contributed by atoms with Crippen LogP contribution in [0.4, 0.5) is 0 Å². The lowest BCUT2D eigenvalue weighted by Gasteiger charge is -2.28. The Morgan fingerprint density at radius 2 is 0.912 bits per heavy atom. The number of hydrogen-bond acceptors (Lipinski definition) is 14. The molecular formula is C44H71N9O15. The van der Waals surface area contributed by atoms with Gasteiger partial charge in [-0.2, -0.15) is 0 Å². The highest BCUT2D eigenvalue weighted by Gasteiger charge is 2.35. The van der Waals surface area contributed by atoms with Crippen LogP contribution in [-0.4, -0.2) is 146 Å². The number of hydrogen-bond donors (Lipinski definition) is 14. The first-order chi connectivity index (χ1) is 31.6. The Labute approximate surface area is 394 Å². The molecule has 0 aliphatic heterocycles. The Kier molecular flexibility index (Phi) is 25.8. The van der Waals surface area contributed by atoms with Crippen molar-refractivity contribution in [2.45, 2.75) is 154 Å². The van der Waals surface area contributed by atoms with Crippen molar-refractivity contribution in [1.82, 2.24) is 37.2 Å². The number of carboxylic acid groups (broad SMARTS) is 2. The van der Waals surface area contributed by atoms with E-state index in [1.807, 2.05) is 0 Å². The Hall–Kier alpha value is -6.40. The monoisotopic (exact) mass is 966 g/mol. The fourth-order valence-electron chi connectivity index (χ4n) is 6.63. The van der Waals surface area contributed by atoms with Gasteiger partial charge in [-0.15, -0.1) is 0 Å². The molecule has 9 atom stereocenters. The number of nitrogens with two attached hydrogens (primary N) is 2. The maximum atomic E-state index is 14.2. The molecule has 0 unspecified atom stereocenters.